The fraction of sp³-hybridized carbons (Fsp3) is 0.444. The Hall–Kier alpha value is -2.77. The third kappa shape index (κ3) is 7.12. The molecule has 0 saturated heterocycles. The Kier molecular flexibility index (Phi) is 8.67. The number of esters is 1. The van der Waals surface area contributed by atoms with Crippen molar-refractivity contribution in [1.82, 2.24) is 0 Å². The maximum absolute atomic E-state index is 14.7. The van der Waals surface area contributed by atoms with E-state index in [1.54, 1.807) is 12.1 Å². The summed E-state index contributed by atoms with van der Waals surface area (Å²) in [6, 6.07) is 9.52. The average molecular weight is 499 g/mol. The number of carbonyl (C=O) groups excluding carboxylic acids is 1. The molecule has 1 atom stereocenters. The highest BCUT2D eigenvalue weighted by Crippen LogP contribution is 2.35. The summed E-state index contributed by atoms with van der Waals surface area (Å²) in [4.78, 5) is 12.5. The number of benzene rings is 2. The molecule has 1 unspecified atom stereocenters. The third-order valence-corrected chi connectivity index (χ3v) is 6.42. The van der Waals surface area contributed by atoms with E-state index in [0.29, 0.717) is 11.5 Å². The molecule has 2 aromatic rings. The molecule has 0 heterocycles. The van der Waals surface area contributed by atoms with Gasteiger partial charge in [0.05, 0.1) is 6.08 Å². The van der Waals surface area contributed by atoms with E-state index in [9.17, 15) is 31.1 Å². The molecule has 1 saturated carbocycles. The molecule has 0 spiro atoms. The summed E-state index contributed by atoms with van der Waals surface area (Å²) in [7, 11) is 0. The molecular weight excluding hydrogens is 470 g/mol. The van der Waals surface area contributed by atoms with E-state index in [0.717, 1.165) is 30.5 Å². The van der Waals surface area contributed by atoms with Gasteiger partial charge in [-0.1, -0.05) is 44.5 Å². The standard InChI is InChI=1S/C27H28F6O2/c1-3-4-16(2)17-5-7-18(8-6-17)20-13-22(28)25(23(29)14-20)26(34)35-21-11-9-19(10-12-21)24(30)15-27(31,32)33/h5-8,13-16,19,21H,3-4,9-12H2,1-2H3/b24-15-. The molecule has 0 aliphatic heterocycles. The second kappa shape index (κ2) is 11.3. The lowest BCUT2D eigenvalue weighted by atomic mass is 9.86. The van der Waals surface area contributed by atoms with Crippen molar-refractivity contribution in [3.8, 4) is 11.1 Å². The molecule has 2 aromatic carbocycles. The van der Waals surface area contributed by atoms with E-state index in [1.165, 1.54) is 0 Å². The maximum atomic E-state index is 14.7. The predicted molar refractivity (Wildman–Crippen MR) is 122 cm³/mol. The molecular formula is C27H28F6O2. The normalized spacial score (nSPS) is 19.9. The molecule has 3 rings (SSSR count). The van der Waals surface area contributed by atoms with Crippen LogP contribution in [0.15, 0.2) is 48.3 Å². The smallest absolute Gasteiger partial charge is 0.412 e. The van der Waals surface area contributed by atoms with Gasteiger partial charge >= 0.3 is 12.1 Å². The number of hydrogen-bond acceptors (Lipinski definition) is 2. The zero-order chi connectivity index (χ0) is 25.8. The first-order valence-corrected chi connectivity index (χ1v) is 11.7. The van der Waals surface area contributed by atoms with Crippen LogP contribution >= 0.6 is 0 Å². The highest BCUT2D eigenvalue weighted by molar-refractivity contribution is 5.91. The van der Waals surface area contributed by atoms with Gasteiger partial charge in [-0.05, 0) is 66.8 Å². The second-order valence-electron chi connectivity index (χ2n) is 9.08. The number of halogens is 6. The van der Waals surface area contributed by atoms with Crippen molar-refractivity contribution < 1.29 is 35.9 Å². The summed E-state index contributed by atoms with van der Waals surface area (Å²) in [6.45, 7) is 4.21. The SMILES string of the molecule is CCCC(C)c1ccc(-c2cc(F)c(C(=O)OC3CCC(/C(F)=C/C(F)(F)F)CC3)c(F)c2)cc1. The molecule has 190 valence electrons. The van der Waals surface area contributed by atoms with Crippen LogP contribution in [-0.4, -0.2) is 18.2 Å². The number of rotatable bonds is 7. The zero-order valence-electron chi connectivity index (χ0n) is 19.6. The summed E-state index contributed by atoms with van der Waals surface area (Å²) >= 11 is 0. The van der Waals surface area contributed by atoms with Crippen molar-refractivity contribution in [2.75, 3.05) is 0 Å². The lowest BCUT2D eigenvalue weighted by Crippen LogP contribution is -2.26. The van der Waals surface area contributed by atoms with Gasteiger partial charge in [0, 0.05) is 5.92 Å². The molecule has 0 N–H and O–H groups in total. The van der Waals surface area contributed by atoms with Gasteiger partial charge in [0.2, 0.25) is 0 Å². The maximum Gasteiger partial charge on any atom is 0.412 e. The Morgan fingerprint density at radius 3 is 2.11 bits per heavy atom. The minimum absolute atomic E-state index is 0.0349. The molecule has 0 amide bonds. The van der Waals surface area contributed by atoms with E-state index >= 15 is 0 Å². The number of alkyl halides is 3. The van der Waals surface area contributed by atoms with Crippen LogP contribution in [0, 0.1) is 17.6 Å². The number of ether oxygens (including phenoxy) is 1. The Labute approximate surface area is 201 Å². The minimum atomic E-state index is -4.75. The predicted octanol–water partition coefficient (Wildman–Crippen LogP) is 8.67. The second-order valence-corrected chi connectivity index (χ2v) is 9.08. The molecule has 35 heavy (non-hydrogen) atoms. The molecule has 0 aromatic heterocycles. The Balaban J connectivity index is 1.66. The molecule has 1 fully saturated rings. The van der Waals surface area contributed by atoms with Crippen LogP contribution < -0.4 is 0 Å². The Morgan fingerprint density at radius 1 is 1.03 bits per heavy atom. The van der Waals surface area contributed by atoms with Crippen LogP contribution in [0.4, 0.5) is 26.3 Å². The van der Waals surface area contributed by atoms with Crippen LogP contribution in [0.5, 0.6) is 0 Å². The van der Waals surface area contributed by atoms with Gasteiger partial charge in [-0.25, -0.2) is 18.0 Å². The van der Waals surface area contributed by atoms with Gasteiger partial charge in [0.25, 0.3) is 0 Å². The fourth-order valence-corrected chi connectivity index (χ4v) is 4.48. The van der Waals surface area contributed by atoms with Gasteiger partial charge in [-0.15, -0.1) is 0 Å². The monoisotopic (exact) mass is 498 g/mol. The van der Waals surface area contributed by atoms with Crippen molar-refractivity contribution in [1.29, 1.82) is 0 Å². The van der Waals surface area contributed by atoms with Crippen LogP contribution in [0.2, 0.25) is 0 Å². The Bertz CT molecular complexity index is 1030. The zero-order valence-corrected chi connectivity index (χ0v) is 19.6. The lowest BCUT2D eigenvalue weighted by molar-refractivity contribution is -0.0821. The van der Waals surface area contributed by atoms with Crippen LogP contribution in [0.3, 0.4) is 0 Å². The summed E-state index contributed by atoms with van der Waals surface area (Å²) in [5.41, 5.74) is 1.17. The number of allylic oxidation sites excluding steroid dienone is 2. The Morgan fingerprint density at radius 2 is 1.60 bits per heavy atom. The van der Waals surface area contributed by atoms with Crippen LogP contribution in [0.25, 0.3) is 11.1 Å². The van der Waals surface area contributed by atoms with Crippen molar-refractivity contribution in [3.05, 3.63) is 71.1 Å². The highest BCUT2D eigenvalue weighted by atomic mass is 19.4. The van der Waals surface area contributed by atoms with Crippen molar-refractivity contribution in [2.45, 2.75) is 70.6 Å². The number of hydrogen-bond donors (Lipinski definition) is 0. The van der Waals surface area contributed by atoms with Crippen molar-refractivity contribution >= 4 is 5.97 Å². The fourth-order valence-electron chi connectivity index (χ4n) is 4.48. The summed E-state index contributed by atoms with van der Waals surface area (Å²) in [5.74, 6) is -5.14. The van der Waals surface area contributed by atoms with Crippen molar-refractivity contribution in [2.24, 2.45) is 5.92 Å². The van der Waals surface area contributed by atoms with Crippen molar-refractivity contribution in [3.63, 3.8) is 0 Å². The first-order chi connectivity index (χ1) is 16.5. The van der Waals surface area contributed by atoms with E-state index in [4.69, 9.17) is 4.74 Å². The van der Waals surface area contributed by atoms with E-state index in [2.05, 4.69) is 13.8 Å². The first kappa shape index (κ1) is 26.8. The average Bonchev–Trinajstić information content (AvgIpc) is 2.78. The topological polar surface area (TPSA) is 26.3 Å². The molecule has 0 radical (unpaired) electrons. The van der Waals surface area contributed by atoms with Crippen LogP contribution in [-0.2, 0) is 4.74 Å². The molecule has 0 bridgehead atoms. The van der Waals surface area contributed by atoms with Gasteiger partial charge in [0.15, 0.2) is 0 Å². The van der Waals surface area contributed by atoms with E-state index in [1.807, 2.05) is 12.1 Å². The molecule has 8 heteroatoms. The first-order valence-electron chi connectivity index (χ1n) is 11.7. The van der Waals surface area contributed by atoms with E-state index in [-0.39, 0.29) is 37.3 Å². The molecule has 1 aliphatic rings. The third-order valence-electron chi connectivity index (χ3n) is 6.42. The number of carbonyl (C=O) groups is 1. The molecule has 1 aliphatic carbocycles. The highest BCUT2D eigenvalue weighted by Gasteiger charge is 2.32. The minimum Gasteiger partial charge on any atom is -0.459 e. The van der Waals surface area contributed by atoms with Gasteiger partial charge < -0.3 is 4.74 Å². The van der Waals surface area contributed by atoms with Crippen LogP contribution in [0.1, 0.15) is 74.2 Å². The quantitative estimate of drug-likeness (QED) is 0.282. The summed E-state index contributed by atoms with van der Waals surface area (Å²) in [5, 5.41) is 0. The van der Waals surface area contributed by atoms with E-state index < -0.39 is 47.2 Å². The summed E-state index contributed by atoms with van der Waals surface area (Å²) < 4.78 is 85.4. The largest absolute Gasteiger partial charge is 0.459 e. The van der Waals surface area contributed by atoms with Gasteiger partial charge in [0.1, 0.15) is 29.1 Å². The lowest BCUT2D eigenvalue weighted by Gasteiger charge is -2.27. The summed E-state index contributed by atoms with van der Waals surface area (Å²) in [6.07, 6.45) is -3.53. The molecule has 2 nitrogen and oxygen atoms in total. The van der Waals surface area contributed by atoms with Gasteiger partial charge in [-0.3, -0.25) is 0 Å². The van der Waals surface area contributed by atoms with Gasteiger partial charge in [-0.2, -0.15) is 13.2 Å².